The van der Waals surface area contributed by atoms with Crippen molar-refractivity contribution in [2.24, 2.45) is 0 Å². The van der Waals surface area contributed by atoms with Gasteiger partial charge < -0.3 is 9.47 Å². The molecule has 0 unspecified atom stereocenters. The van der Waals surface area contributed by atoms with Crippen LogP contribution in [-0.2, 0) is 4.74 Å². The largest absolute Gasteiger partial charge is 0.488 e. The molecular formula is C15H14IN3O2. The van der Waals surface area contributed by atoms with Crippen molar-refractivity contribution < 1.29 is 9.47 Å². The van der Waals surface area contributed by atoms with Gasteiger partial charge in [0.1, 0.15) is 10.3 Å². The van der Waals surface area contributed by atoms with Crippen LogP contribution >= 0.6 is 22.6 Å². The number of ether oxygens (including phenoxy) is 2. The van der Waals surface area contributed by atoms with Crippen LogP contribution in [0, 0.1) is 3.70 Å². The van der Waals surface area contributed by atoms with E-state index >= 15 is 0 Å². The second kappa shape index (κ2) is 6.40. The molecule has 0 saturated carbocycles. The summed E-state index contributed by atoms with van der Waals surface area (Å²) in [4.78, 5) is 8.83. The number of rotatable bonds is 5. The van der Waals surface area contributed by atoms with Crippen molar-refractivity contribution in [3.63, 3.8) is 0 Å². The van der Waals surface area contributed by atoms with Gasteiger partial charge in [-0.2, -0.15) is 0 Å². The van der Waals surface area contributed by atoms with Crippen LogP contribution < -0.4 is 4.74 Å². The number of methoxy groups -OCH3 is 1. The van der Waals surface area contributed by atoms with Gasteiger partial charge in [0.05, 0.1) is 24.7 Å². The Labute approximate surface area is 136 Å². The SMILES string of the molecule is COCCOc1cnc2nc(I)c(-c3ccccc3)n2c1. The van der Waals surface area contributed by atoms with Crippen molar-refractivity contribution in [2.45, 2.75) is 0 Å². The summed E-state index contributed by atoms with van der Waals surface area (Å²) in [6.45, 7) is 1.04. The highest BCUT2D eigenvalue weighted by Crippen LogP contribution is 2.26. The molecule has 2 aromatic heterocycles. The molecule has 3 rings (SSSR count). The molecule has 0 aliphatic rings. The highest BCUT2D eigenvalue weighted by Gasteiger charge is 2.13. The summed E-state index contributed by atoms with van der Waals surface area (Å²) >= 11 is 2.23. The van der Waals surface area contributed by atoms with Gasteiger partial charge in [-0.15, -0.1) is 0 Å². The van der Waals surface area contributed by atoms with Gasteiger partial charge in [-0.25, -0.2) is 9.97 Å². The molecule has 0 fully saturated rings. The van der Waals surface area contributed by atoms with Crippen LogP contribution in [0.1, 0.15) is 0 Å². The van der Waals surface area contributed by atoms with Gasteiger partial charge in [-0.3, -0.25) is 4.40 Å². The lowest BCUT2D eigenvalue weighted by Gasteiger charge is -2.07. The van der Waals surface area contributed by atoms with Gasteiger partial charge in [0.25, 0.3) is 0 Å². The quantitative estimate of drug-likeness (QED) is 0.492. The third kappa shape index (κ3) is 3.01. The lowest BCUT2D eigenvalue weighted by molar-refractivity contribution is 0.146. The first-order valence-electron chi connectivity index (χ1n) is 6.50. The molecule has 3 aromatic rings. The van der Waals surface area contributed by atoms with Gasteiger partial charge in [-0.1, -0.05) is 30.3 Å². The van der Waals surface area contributed by atoms with E-state index in [4.69, 9.17) is 9.47 Å². The molecule has 2 heterocycles. The predicted octanol–water partition coefficient (Wildman–Crippen LogP) is 3.03. The number of benzene rings is 1. The van der Waals surface area contributed by atoms with Crippen LogP contribution in [0.25, 0.3) is 17.0 Å². The van der Waals surface area contributed by atoms with Gasteiger partial charge in [0.15, 0.2) is 5.75 Å². The molecule has 5 nitrogen and oxygen atoms in total. The molecule has 0 atom stereocenters. The first-order valence-corrected chi connectivity index (χ1v) is 7.58. The molecule has 0 N–H and O–H groups in total. The van der Waals surface area contributed by atoms with E-state index in [1.807, 2.05) is 28.8 Å². The minimum atomic E-state index is 0.496. The van der Waals surface area contributed by atoms with Crippen molar-refractivity contribution in [2.75, 3.05) is 20.3 Å². The molecule has 0 aliphatic carbocycles. The Morgan fingerprint density at radius 1 is 1.19 bits per heavy atom. The van der Waals surface area contributed by atoms with Crippen LogP contribution in [0.4, 0.5) is 0 Å². The van der Waals surface area contributed by atoms with E-state index in [2.05, 4.69) is 44.7 Å². The van der Waals surface area contributed by atoms with Crippen LogP contribution in [0.2, 0.25) is 0 Å². The molecule has 0 radical (unpaired) electrons. The van der Waals surface area contributed by atoms with E-state index in [1.54, 1.807) is 13.3 Å². The highest BCUT2D eigenvalue weighted by molar-refractivity contribution is 14.1. The van der Waals surface area contributed by atoms with E-state index in [0.717, 1.165) is 15.0 Å². The average molecular weight is 395 g/mol. The normalized spacial score (nSPS) is 11.0. The maximum absolute atomic E-state index is 5.62. The minimum absolute atomic E-state index is 0.496. The Kier molecular flexibility index (Phi) is 4.35. The molecule has 0 amide bonds. The zero-order chi connectivity index (χ0) is 14.7. The topological polar surface area (TPSA) is 48.7 Å². The molecule has 108 valence electrons. The predicted molar refractivity (Wildman–Crippen MR) is 88.5 cm³/mol. The zero-order valence-electron chi connectivity index (χ0n) is 11.5. The molecule has 0 saturated heterocycles. The van der Waals surface area contributed by atoms with Crippen molar-refractivity contribution >= 4 is 28.4 Å². The molecular weight excluding hydrogens is 381 g/mol. The molecule has 6 heteroatoms. The summed E-state index contributed by atoms with van der Waals surface area (Å²) in [7, 11) is 1.65. The van der Waals surface area contributed by atoms with Crippen molar-refractivity contribution in [3.05, 3.63) is 46.4 Å². The summed E-state index contributed by atoms with van der Waals surface area (Å²) in [5.41, 5.74) is 2.13. The van der Waals surface area contributed by atoms with E-state index in [1.165, 1.54) is 0 Å². The zero-order valence-corrected chi connectivity index (χ0v) is 13.6. The van der Waals surface area contributed by atoms with Crippen molar-refractivity contribution in [1.82, 2.24) is 14.4 Å². The summed E-state index contributed by atoms with van der Waals surface area (Å²) in [5.74, 6) is 1.36. The molecule has 0 bridgehead atoms. The molecule has 0 aliphatic heterocycles. The maximum Gasteiger partial charge on any atom is 0.235 e. The number of imidazole rings is 1. The number of aromatic nitrogens is 3. The number of nitrogens with zero attached hydrogens (tertiary/aromatic N) is 3. The number of hydrogen-bond donors (Lipinski definition) is 0. The van der Waals surface area contributed by atoms with Crippen LogP contribution in [0.3, 0.4) is 0 Å². The van der Waals surface area contributed by atoms with Crippen LogP contribution in [-0.4, -0.2) is 34.7 Å². The Balaban J connectivity index is 2.03. The Hall–Kier alpha value is -1.67. The molecule has 1 aromatic carbocycles. The van der Waals surface area contributed by atoms with Crippen molar-refractivity contribution in [1.29, 1.82) is 0 Å². The van der Waals surface area contributed by atoms with Gasteiger partial charge in [-0.05, 0) is 22.6 Å². The van der Waals surface area contributed by atoms with E-state index < -0.39 is 0 Å². The standard InChI is InChI=1S/C15H14IN3O2/c1-20-7-8-21-12-9-17-15-18-14(16)13(19(15)10-12)11-5-3-2-4-6-11/h2-6,9-10H,7-8H2,1H3. The Morgan fingerprint density at radius 2 is 2.00 bits per heavy atom. The van der Waals surface area contributed by atoms with Gasteiger partial charge in [0, 0.05) is 12.7 Å². The number of hydrogen-bond acceptors (Lipinski definition) is 4. The Morgan fingerprint density at radius 3 is 2.76 bits per heavy atom. The fraction of sp³-hybridized carbons (Fsp3) is 0.200. The Bertz CT molecular complexity index is 743. The third-order valence-electron chi connectivity index (χ3n) is 3.02. The molecule has 21 heavy (non-hydrogen) atoms. The monoisotopic (exact) mass is 395 g/mol. The fourth-order valence-corrected chi connectivity index (χ4v) is 2.85. The summed E-state index contributed by atoms with van der Waals surface area (Å²) in [6.07, 6.45) is 3.60. The summed E-state index contributed by atoms with van der Waals surface area (Å²) in [6, 6.07) is 10.1. The van der Waals surface area contributed by atoms with Crippen LogP contribution in [0.5, 0.6) is 5.75 Å². The van der Waals surface area contributed by atoms with Gasteiger partial charge in [0.2, 0.25) is 5.78 Å². The van der Waals surface area contributed by atoms with E-state index in [9.17, 15) is 0 Å². The smallest absolute Gasteiger partial charge is 0.235 e. The fourth-order valence-electron chi connectivity index (χ4n) is 2.06. The number of halogens is 1. The average Bonchev–Trinajstić information content (AvgIpc) is 2.83. The second-order valence-corrected chi connectivity index (χ2v) is 5.44. The van der Waals surface area contributed by atoms with Crippen molar-refractivity contribution in [3.8, 4) is 17.0 Å². The van der Waals surface area contributed by atoms with Gasteiger partial charge >= 0.3 is 0 Å². The lowest BCUT2D eigenvalue weighted by atomic mass is 10.2. The first-order chi connectivity index (χ1) is 10.3. The summed E-state index contributed by atoms with van der Waals surface area (Å²) in [5, 5.41) is 0. The first kappa shape index (κ1) is 14.3. The highest BCUT2D eigenvalue weighted by atomic mass is 127. The third-order valence-corrected chi connectivity index (χ3v) is 3.77. The van der Waals surface area contributed by atoms with E-state index in [0.29, 0.717) is 24.7 Å². The van der Waals surface area contributed by atoms with Crippen LogP contribution in [0.15, 0.2) is 42.7 Å². The van der Waals surface area contributed by atoms with E-state index in [-0.39, 0.29) is 0 Å². The number of fused-ring (bicyclic) bond motifs is 1. The molecule has 0 spiro atoms. The minimum Gasteiger partial charge on any atom is -0.488 e. The lowest BCUT2D eigenvalue weighted by Crippen LogP contribution is -2.05. The second-order valence-electron chi connectivity index (χ2n) is 4.42. The summed E-state index contributed by atoms with van der Waals surface area (Å²) < 4.78 is 13.5. The maximum atomic E-state index is 5.62.